The molecule has 7 nitrogen and oxygen atoms in total. The fourth-order valence-electron chi connectivity index (χ4n) is 2.41. The van der Waals surface area contributed by atoms with Crippen LogP contribution in [0.25, 0.3) is 0 Å². The fourth-order valence-corrected chi connectivity index (χ4v) is 2.41. The monoisotopic (exact) mass is 369 g/mol. The number of carbonyl (C=O) groups is 2. The minimum Gasteiger partial charge on any atom is -0.377 e. The minimum absolute atomic E-state index is 0.0951. The molecule has 0 N–H and O–H groups in total. The molecule has 144 valence electrons. The Morgan fingerprint density at radius 1 is 0.692 bits per heavy atom. The maximum absolute atomic E-state index is 12.1. The molecule has 0 radical (unpaired) electrons. The lowest BCUT2D eigenvalue weighted by molar-refractivity contribution is -0.00428. The number of hydrogen-bond donors (Lipinski definition) is 0. The Labute approximate surface area is 152 Å². The van der Waals surface area contributed by atoms with Crippen molar-refractivity contribution in [1.82, 2.24) is 4.90 Å². The number of rotatable bonds is 14. The van der Waals surface area contributed by atoms with Crippen LogP contribution in [0.3, 0.4) is 0 Å². The third-order valence-corrected chi connectivity index (χ3v) is 3.67. The van der Waals surface area contributed by atoms with Crippen LogP contribution in [0.15, 0.2) is 24.3 Å². The minimum atomic E-state index is -0.490. The number of fused-ring (bicyclic) bond motifs is 1. The highest BCUT2D eigenvalue weighted by Crippen LogP contribution is 2.21. The number of hydrogen-bond acceptors (Lipinski definition) is 6. The maximum atomic E-state index is 12.1. The van der Waals surface area contributed by atoms with Crippen LogP contribution >= 0.6 is 0 Å². The summed E-state index contributed by atoms with van der Waals surface area (Å²) in [7, 11) is 0. The first-order chi connectivity index (χ1) is 12.8. The molecule has 0 bridgehead atoms. The van der Waals surface area contributed by atoms with Crippen LogP contribution in [0.4, 0.5) is 4.39 Å². The Balaban J connectivity index is 1.46. The number of nitrogens with zero attached hydrogens (tertiary/aromatic N) is 1. The van der Waals surface area contributed by atoms with E-state index in [1.807, 2.05) is 0 Å². The number of halogens is 1. The van der Waals surface area contributed by atoms with E-state index in [-0.39, 0.29) is 31.6 Å². The Hall–Kier alpha value is -1.87. The van der Waals surface area contributed by atoms with Gasteiger partial charge in [-0.25, -0.2) is 4.39 Å². The van der Waals surface area contributed by atoms with Crippen molar-refractivity contribution in [2.24, 2.45) is 0 Å². The molecule has 8 heteroatoms. The van der Waals surface area contributed by atoms with Gasteiger partial charge in [-0.1, -0.05) is 12.1 Å². The van der Waals surface area contributed by atoms with Gasteiger partial charge in [0.2, 0.25) is 0 Å². The lowest BCUT2D eigenvalue weighted by atomic mass is 10.1. The van der Waals surface area contributed by atoms with E-state index in [0.717, 1.165) is 0 Å². The molecule has 2 amide bonds. The van der Waals surface area contributed by atoms with Gasteiger partial charge in [0.1, 0.15) is 6.67 Å². The van der Waals surface area contributed by atoms with Gasteiger partial charge < -0.3 is 18.9 Å². The van der Waals surface area contributed by atoms with Crippen LogP contribution in [0, 0.1) is 0 Å². The summed E-state index contributed by atoms with van der Waals surface area (Å²) in [6, 6.07) is 6.78. The normalized spacial score (nSPS) is 13.5. The van der Waals surface area contributed by atoms with Crippen molar-refractivity contribution in [2.75, 3.05) is 66.1 Å². The highest BCUT2D eigenvalue weighted by atomic mass is 19.1. The zero-order valence-electron chi connectivity index (χ0n) is 14.7. The largest absolute Gasteiger partial charge is 0.377 e. The molecule has 1 aromatic carbocycles. The molecule has 0 saturated heterocycles. The van der Waals surface area contributed by atoms with Crippen LogP contribution in [0.5, 0.6) is 0 Å². The molecule has 26 heavy (non-hydrogen) atoms. The third-order valence-electron chi connectivity index (χ3n) is 3.67. The molecule has 1 aliphatic rings. The van der Waals surface area contributed by atoms with E-state index in [1.54, 1.807) is 24.3 Å². The first kappa shape index (κ1) is 20.4. The molecule has 2 rings (SSSR count). The highest BCUT2D eigenvalue weighted by molar-refractivity contribution is 6.21. The maximum Gasteiger partial charge on any atom is 0.261 e. The number of alkyl halides is 1. The molecule has 0 aliphatic carbocycles. The average Bonchev–Trinajstić information content (AvgIpc) is 2.90. The van der Waals surface area contributed by atoms with Crippen molar-refractivity contribution in [2.45, 2.75) is 0 Å². The second-order valence-electron chi connectivity index (χ2n) is 5.45. The van der Waals surface area contributed by atoms with Gasteiger partial charge in [0.25, 0.3) is 11.8 Å². The number of benzene rings is 1. The van der Waals surface area contributed by atoms with E-state index in [4.69, 9.17) is 18.9 Å². The average molecular weight is 369 g/mol. The zero-order valence-corrected chi connectivity index (χ0v) is 14.7. The molecule has 0 unspecified atom stereocenters. The summed E-state index contributed by atoms with van der Waals surface area (Å²) in [6.07, 6.45) is 0. The Bertz CT molecular complexity index is 548. The number of carbonyl (C=O) groups excluding carboxylic acids is 2. The van der Waals surface area contributed by atoms with E-state index >= 15 is 0 Å². The summed E-state index contributed by atoms with van der Waals surface area (Å²) < 4.78 is 32.6. The Morgan fingerprint density at radius 3 is 1.58 bits per heavy atom. The zero-order chi connectivity index (χ0) is 18.6. The molecule has 0 atom stereocenters. The van der Waals surface area contributed by atoms with Crippen molar-refractivity contribution in [1.29, 1.82) is 0 Å². The van der Waals surface area contributed by atoms with Crippen LogP contribution in [0.2, 0.25) is 0 Å². The van der Waals surface area contributed by atoms with E-state index < -0.39 is 6.67 Å². The summed E-state index contributed by atoms with van der Waals surface area (Å²) in [4.78, 5) is 25.5. The van der Waals surface area contributed by atoms with E-state index in [1.165, 1.54) is 4.90 Å². The van der Waals surface area contributed by atoms with Gasteiger partial charge in [0.15, 0.2) is 0 Å². The molecular formula is C18H24FNO6. The SMILES string of the molecule is O=C1c2ccccc2C(=O)N1CCOCCOCCOCCOCCF. The van der Waals surface area contributed by atoms with E-state index in [9.17, 15) is 14.0 Å². The summed E-state index contributed by atoms with van der Waals surface area (Å²) in [5, 5.41) is 0. The third kappa shape index (κ3) is 6.14. The summed E-state index contributed by atoms with van der Waals surface area (Å²) in [5.74, 6) is -0.559. The summed E-state index contributed by atoms with van der Waals surface area (Å²) in [5.41, 5.74) is 0.881. The second-order valence-corrected chi connectivity index (χ2v) is 5.45. The van der Waals surface area contributed by atoms with Gasteiger partial charge in [0, 0.05) is 0 Å². The Morgan fingerprint density at radius 2 is 1.12 bits per heavy atom. The molecule has 0 aromatic heterocycles. The van der Waals surface area contributed by atoms with Crippen molar-refractivity contribution in [3.05, 3.63) is 35.4 Å². The molecule has 1 aromatic rings. The first-order valence-electron chi connectivity index (χ1n) is 8.58. The van der Waals surface area contributed by atoms with Gasteiger partial charge >= 0.3 is 0 Å². The number of ether oxygens (including phenoxy) is 4. The standard InChI is InChI=1S/C18H24FNO6/c19-5-7-23-9-11-25-13-14-26-12-10-24-8-6-20-17(21)15-3-1-2-4-16(15)18(20)22/h1-4H,5-14H2. The molecule has 1 heterocycles. The summed E-state index contributed by atoms with van der Waals surface area (Å²) >= 11 is 0. The second kappa shape index (κ2) is 11.7. The molecule has 1 aliphatic heterocycles. The first-order valence-corrected chi connectivity index (χ1v) is 8.58. The lowest BCUT2D eigenvalue weighted by Gasteiger charge is -2.13. The van der Waals surface area contributed by atoms with Gasteiger partial charge in [-0.15, -0.1) is 0 Å². The van der Waals surface area contributed by atoms with Crippen LogP contribution < -0.4 is 0 Å². The van der Waals surface area contributed by atoms with Crippen molar-refractivity contribution < 1.29 is 32.9 Å². The van der Waals surface area contributed by atoms with Gasteiger partial charge in [-0.2, -0.15) is 0 Å². The molecule has 0 fully saturated rings. The lowest BCUT2D eigenvalue weighted by Crippen LogP contribution is -2.33. The number of amides is 2. The fraction of sp³-hybridized carbons (Fsp3) is 0.556. The summed E-state index contributed by atoms with van der Waals surface area (Å²) in [6.45, 7) is 2.45. The Kier molecular flexibility index (Phi) is 9.19. The van der Waals surface area contributed by atoms with Crippen LogP contribution in [-0.4, -0.2) is 82.8 Å². The molecular weight excluding hydrogens is 345 g/mol. The van der Waals surface area contributed by atoms with Crippen molar-refractivity contribution in [3.63, 3.8) is 0 Å². The van der Waals surface area contributed by atoms with Crippen molar-refractivity contribution >= 4 is 11.8 Å². The van der Waals surface area contributed by atoms with Crippen molar-refractivity contribution in [3.8, 4) is 0 Å². The molecule has 0 saturated carbocycles. The predicted octanol–water partition coefficient (Wildman–Crippen LogP) is 1.32. The van der Waals surface area contributed by atoms with Crippen LogP contribution in [-0.2, 0) is 18.9 Å². The van der Waals surface area contributed by atoms with E-state index in [0.29, 0.717) is 50.8 Å². The highest BCUT2D eigenvalue weighted by Gasteiger charge is 2.34. The van der Waals surface area contributed by atoms with Gasteiger partial charge in [-0.05, 0) is 12.1 Å². The van der Waals surface area contributed by atoms with Gasteiger partial charge in [0.05, 0.1) is 70.5 Å². The van der Waals surface area contributed by atoms with Crippen LogP contribution in [0.1, 0.15) is 20.7 Å². The molecule has 0 spiro atoms. The smallest absolute Gasteiger partial charge is 0.261 e. The topological polar surface area (TPSA) is 74.3 Å². The quantitative estimate of drug-likeness (QED) is 0.364. The predicted molar refractivity (Wildman–Crippen MR) is 91.1 cm³/mol. The number of imide groups is 1. The van der Waals surface area contributed by atoms with E-state index in [2.05, 4.69) is 0 Å². The van der Waals surface area contributed by atoms with Gasteiger partial charge in [-0.3, -0.25) is 14.5 Å².